The van der Waals surface area contributed by atoms with Gasteiger partial charge >= 0.3 is 0 Å². The summed E-state index contributed by atoms with van der Waals surface area (Å²) in [5.41, 5.74) is 21.7. The number of para-hydroxylation sites is 2. The monoisotopic (exact) mass is 872 g/mol. The largest absolute Gasteiger partial charge is 0.457 e. The average molecular weight is 873 g/mol. The number of aromatic nitrogens is 1. The van der Waals surface area contributed by atoms with Gasteiger partial charge in [0.15, 0.2) is 0 Å². The van der Waals surface area contributed by atoms with Gasteiger partial charge in [-0.2, -0.15) is 0 Å². The Hall–Kier alpha value is -8.40. The minimum atomic E-state index is -0.125. The summed E-state index contributed by atoms with van der Waals surface area (Å²) in [4.78, 5) is 2.40. The lowest BCUT2D eigenvalue weighted by Gasteiger charge is -2.28. The van der Waals surface area contributed by atoms with Crippen molar-refractivity contribution in [2.75, 3.05) is 4.90 Å². The van der Waals surface area contributed by atoms with Crippen LogP contribution in [0.1, 0.15) is 47.2 Å². The van der Waals surface area contributed by atoms with Crippen molar-refractivity contribution in [3.05, 3.63) is 264 Å². The molecule has 0 N–H and O–H groups in total. The van der Waals surface area contributed by atoms with Crippen LogP contribution in [-0.4, -0.2) is 4.57 Å². The van der Waals surface area contributed by atoms with Crippen LogP contribution in [0.25, 0.3) is 60.9 Å². The summed E-state index contributed by atoms with van der Waals surface area (Å²) in [6.07, 6.45) is 1.51. The molecule has 1 aromatic heterocycles. The Bertz CT molecular complexity index is 3730. The predicted octanol–water partition coefficient (Wildman–Crippen LogP) is 17.2. The van der Waals surface area contributed by atoms with Gasteiger partial charge in [-0.25, -0.2) is 0 Å². The molecule has 11 aromatic rings. The minimum absolute atomic E-state index is 0.125. The first kappa shape index (κ1) is 39.9. The van der Waals surface area contributed by atoms with E-state index in [4.69, 9.17) is 4.74 Å². The highest BCUT2D eigenvalue weighted by atomic mass is 16.5. The number of hydrogen-bond donors (Lipinski definition) is 0. The number of hydrogen-bond acceptors (Lipinski definition) is 2. The molecule has 0 spiro atoms. The molecule has 0 fully saturated rings. The lowest BCUT2D eigenvalue weighted by Crippen LogP contribution is -2.16. The van der Waals surface area contributed by atoms with E-state index in [1.54, 1.807) is 0 Å². The fourth-order valence-electron chi connectivity index (χ4n) is 11.2. The summed E-state index contributed by atoms with van der Waals surface area (Å²) < 4.78 is 9.54. The third-order valence-corrected chi connectivity index (χ3v) is 14.6. The lowest BCUT2D eigenvalue weighted by atomic mass is 9.82. The average Bonchev–Trinajstić information content (AvgIpc) is 3.82. The zero-order valence-electron chi connectivity index (χ0n) is 38.2. The molecular weight excluding hydrogens is 825 g/mol. The molecule has 324 valence electrons. The summed E-state index contributed by atoms with van der Waals surface area (Å²) in [6, 6.07) is 84.3. The van der Waals surface area contributed by atoms with Crippen LogP contribution in [0.3, 0.4) is 0 Å². The van der Waals surface area contributed by atoms with Crippen LogP contribution in [0.4, 0.5) is 17.1 Å². The van der Waals surface area contributed by atoms with Crippen LogP contribution in [0, 0.1) is 0 Å². The summed E-state index contributed by atoms with van der Waals surface area (Å²) in [7, 11) is 0. The second kappa shape index (κ2) is 15.9. The Morgan fingerprint density at radius 2 is 0.941 bits per heavy atom. The maximum absolute atomic E-state index is 7.13. The minimum Gasteiger partial charge on any atom is -0.457 e. The second-order valence-electron chi connectivity index (χ2n) is 18.9. The number of fused-ring (bicyclic) bond motifs is 11. The van der Waals surface area contributed by atoms with E-state index in [1.807, 2.05) is 0 Å². The molecule has 10 aromatic carbocycles. The molecule has 0 atom stereocenters. The van der Waals surface area contributed by atoms with Gasteiger partial charge in [-0.15, -0.1) is 0 Å². The maximum atomic E-state index is 7.13. The van der Waals surface area contributed by atoms with Crippen LogP contribution in [-0.2, 0) is 18.3 Å². The van der Waals surface area contributed by atoms with Crippen LogP contribution in [0.5, 0.6) is 11.5 Å². The molecule has 0 amide bonds. The standard InChI is InChI=1S/C65H48N2O/c1-65(2)59-25-13-11-23-55(59)56-37-36-52(41-60(56)65)66(49-30-28-44(29-31-49)43-16-4-3-5-17-43)50-32-34-51(35-33-50)67-61-26-14-12-24-57(61)58-40-48-39-46-19-7-10-22-54(46)53-21-9-6-18-45(53)38-47-20-8-15-27-63(47)68-64(48)42-62(58)67/h3-37,40-42H,38-39H2,1-2H3. The molecule has 3 heteroatoms. The smallest absolute Gasteiger partial charge is 0.133 e. The number of anilines is 3. The third-order valence-electron chi connectivity index (χ3n) is 14.6. The molecule has 0 saturated heterocycles. The Balaban J connectivity index is 0.954. The number of ether oxygens (including phenoxy) is 1. The van der Waals surface area contributed by atoms with E-state index in [-0.39, 0.29) is 5.41 Å². The fourth-order valence-corrected chi connectivity index (χ4v) is 11.2. The van der Waals surface area contributed by atoms with E-state index >= 15 is 0 Å². The normalized spacial score (nSPS) is 13.3. The maximum Gasteiger partial charge on any atom is 0.133 e. The van der Waals surface area contributed by atoms with Crippen LogP contribution < -0.4 is 9.64 Å². The SMILES string of the molecule is CC1(C)c2ccccc2-c2ccc(N(c3ccc(-c4ccccc4)cc3)c3ccc(-n4c5ccccc5c5cc6c(cc54)Oc4ccccc4Cc4ccccc4-c4ccccc4C6)cc3)cc21. The first-order chi connectivity index (χ1) is 33.5. The number of benzene rings is 10. The van der Waals surface area contributed by atoms with Gasteiger partial charge in [0.1, 0.15) is 11.5 Å². The molecule has 2 heterocycles. The Labute approximate surface area is 397 Å². The van der Waals surface area contributed by atoms with E-state index in [0.717, 1.165) is 69.3 Å². The number of nitrogens with zero attached hydrogens (tertiary/aromatic N) is 2. The molecule has 1 aliphatic heterocycles. The van der Waals surface area contributed by atoms with Crippen molar-refractivity contribution in [2.24, 2.45) is 0 Å². The molecule has 2 aliphatic rings. The summed E-state index contributed by atoms with van der Waals surface area (Å²) >= 11 is 0. The van der Waals surface area contributed by atoms with Gasteiger partial charge in [-0.05, 0) is 133 Å². The molecule has 0 unspecified atom stereocenters. The quantitative estimate of drug-likeness (QED) is 0.171. The topological polar surface area (TPSA) is 17.4 Å². The zero-order valence-corrected chi connectivity index (χ0v) is 38.2. The molecule has 68 heavy (non-hydrogen) atoms. The summed E-state index contributed by atoms with van der Waals surface area (Å²) in [5.74, 6) is 1.76. The van der Waals surface area contributed by atoms with Gasteiger partial charge in [-0.1, -0.05) is 172 Å². The van der Waals surface area contributed by atoms with Crippen molar-refractivity contribution < 1.29 is 4.74 Å². The van der Waals surface area contributed by atoms with Crippen molar-refractivity contribution in [2.45, 2.75) is 32.1 Å². The van der Waals surface area contributed by atoms with Crippen LogP contribution in [0.15, 0.2) is 231 Å². The van der Waals surface area contributed by atoms with Crippen molar-refractivity contribution >= 4 is 38.9 Å². The van der Waals surface area contributed by atoms with Gasteiger partial charge in [0, 0.05) is 57.8 Å². The van der Waals surface area contributed by atoms with E-state index in [9.17, 15) is 0 Å². The van der Waals surface area contributed by atoms with E-state index < -0.39 is 0 Å². The highest BCUT2D eigenvalue weighted by Gasteiger charge is 2.36. The second-order valence-corrected chi connectivity index (χ2v) is 18.9. The third kappa shape index (κ3) is 6.57. The molecule has 1 aliphatic carbocycles. The zero-order chi connectivity index (χ0) is 45.3. The highest BCUT2D eigenvalue weighted by molar-refractivity contribution is 6.10. The summed E-state index contributed by atoms with van der Waals surface area (Å²) in [5, 5.41) is 2.42. The number of rotatable bonds is 5. The van der Waals surface area contributed by atoms with E-state index in [0.29, 0.717) is 0 Å². The van der Waals surface area contributed by atoms with E-state index in [2.05, 4.69) is 254 Å². The highest BCUT2D eigenvalue weighted by Crippen LogP contribution is 2.51. The molecule has 0 radical (unpaired) electrons. The van der Waals surface area contributed by atoms with Crippen molar-refractivity contribution in [1.29, 1.82) is 0 Å². The lowest BCUT2D eigenvalue weighted by molar-refractivity contribution is 0.473. The Morgan fingerprint density at radius 3 is 1.69 bits per heavy atom. The van der Waals surface area contributed by atoms with Gasteiger partial charge in [0.25, 0.3) is 0 Å². The van der Waals surface area contributed by atoms with Crippen LogP contribution in [0.2, 0.25) is 0 Å². The summed E-state index contributed by atoms with van der Waals surface area (Å²) in [6.45, 7) is 4.71. The fraction of sp³-hybridized carbons (Fsp3) is 0.0769. The predicted molar refractivity (Wildman–Crippen MR) is 282 cm³/mol. The molecule has 3 nitrogen and oxygen atoms in total. The molecule has 0 saturated carbocycles. The van der Waals surface area contributed by atoms with Gasteiger partial charge < -0.3 is 14.2 Å². The van der Waals surface area contributed by atoms with E-state index in [1.165, 1.54) is 66.4 Å². The van der Waals surface area contributed by atoms with Crippen molar-refractivity contribution in [3.8, 4) is 50.6 Å². The van der Waals surface area contributed by atoms with Crippen molar-refractivity contribution in [1.82, 2.24) is 4.57 Å². The first-order valence-corrected chi connectivity index (χ1v) is 23.7. The van der Waals surface area contributed by atoms with Crippen LogP contribution >= 0.6 is 0 Å². The first-order valence-electron chi connectivity index (χ1n) is 23.7. The molecule has 0 bridgehead atoms. The van der Waals surface area contributed by atoms with Gasteiger partial charge in [0.05, 0.1) is 11.0 Å². The Morgan fingerprint density at radius 1 is 0.382 bits per heavy atom. The van der Waals surface area contributed by atoms with Gasteiger partial charge in [0.2, 0.25) is 0 Å². The van der Waals surface area contributed by atoms with Gasteiger partial charge in [-0.3, -0.25) is 0 Å². The van der Waals surface area contributed by atoms with Crippen molar-refractivity contribution in [3.63, 3.8) is 0 Å². The molecular formula is C65H48N2O. The molecule has 13 rings (SSSR count). The Kier molecular flexibility index (Phi) is 9.33.